The summed E-state index contributed by atoms with van der Waals surface area (Å²) in [4.78, 5) is 31.8. The fourth-order valence-electron chi connectivity index (χ4n) is 3.88. The van der Waals surface area contributed by atoms with Gasteiger partial charge < -0.3 is 20.1 Å². The van der Waals surface area contributed by atoms with E-state index in [2.05, 4.69) is 15.6 Å². The topological polar surface area (TPSA) is 92.8 Å². The van der Waals surface area contributed by atoms with Gasteiger partial charge in [-0.15, -0.1) is 0 Å². The van der Waals surface area contributed by atoms with Crippen LogP contribution in [0.1, 0.15) is 26.4 Å². The summed E-state index contributed by atoms with van der Waals surface area (Å²) < 4.78 is 10.8. The van der Waals surface area contributed by atoms with Crippen LogP contribution in [-0.2, 0) is 11.2 Å². The maximum atomic E-state index is 13.2. The van der Waals surface area contributed by atoms with Crippen molar-refractivity contribution in [2.24, 2.45) is 0 Å². The Labute approximate surface area is 203 Å². The molecule has 2 aromatic carbocycles. The Bertz CT molecular complexity index is 1180. The average molecular weight is 479 g/mol. The molecule has 4 rings (SSSR count). The highest BCUT2D eigenvalue weighted by Gasteiger charge is 2.33. The number of imide groups is 1. The first-order valence-electron chi connectivity index (χ1n) is 11.1. The lowest BCUT2D eigenvalue weighted by molar-refractivity contribution is 0.0613. The lowest BCUT2D eigenvalue weighted by atomic mass is 9.93. The molecule has 0 radical (unpaired) electrons. The molecule has 176 valence electrons. The van der Waals surface area contributed by atoms with Crippen LogP contribution < -0.4 is 15.4 Å². The molecule has 0 atom stereocenters. The monoisotopic (exact) mass is 478 g/mol. The molecule has 2 N–H and O–H groups in total. The van der Waals surface area contributed by atoms with Gasteiger partial charge in [0.1, 0.15) is 12.4 Å². The minimum Gasteiger partial charge on any atom is -0.491 e. The zero-order chi connectivity index (χ0) is 23.9. The van der Waals surface area contributed by atoms with Crippen molar-refractivity contribution in [3.63, 3.8) is 0 Å². The summed E-state index contributed by atoms with van der Waals surface area (Å²) in [6.07, 6.45) is 2.50. The van der Waals surface area contributed by atoms with Gasteiger partial charge in [0.2, 0.25) is 0 Å². The maximum absolute atomic E-state index is 13.2. The fourth-order valence-corrected chi connectivity index (χ4v) is 4.08. The molecule has 34 heavy (non-hydrogen) atoms. The fraction of sp³-hybridized carbons (Fsp3) is 0.280. The second-order valence-electron chi connectivity index (χ2n) is 7.70. The highest BCUT2D eigenvalue weighted by atomic mass is 32.1. The molecule has 0 aliphatic carbocycles. The van der Waals surface area contributed by atoms with Crippen LogP contribution in [0, 0.1) is 0 Å². The molecular formula is C25H26N4O4S. The van der Waals surface area contributed by atoms with Crippen LogP contribution in [0.4, 0.5) is 0 Å². The van der Waals surface area contributed by atoms with E-state index in [1.165, 1.54) is 4.90 Å². The van der Waals surface area contributed by atoms with Crippen LogP contribution in [0.5, 0.6) is 5.75 Å². The number of carbonyl (C=O) groups is 2. The van der Waals surface area contributed by atoms with Crippen LogP contribution in [0.3, 0.4) is 0 Å². The summed E-state index contributed by atoms with van der Waals surface area (Å²) in [6.45, 7) is 2.00. The van der Waals surface area contributed by atoms with Crippen molar-refractivity contribution in [2.75, 3.05) is 40.0 Å². The number of benzene rings is 2. The molecule has 1 aliphatic heterocycles. The van der Waals surface area contributed by atoms with E-state index < -0.39 is 0 Å². The molecule has 0 fully saturated rings. The third-order valence-corrected chi connectivity index (χ3v) is 5.80. The van der Waals surface area contributed by atoms with E-state index in [-0.39, 0.29) is 18.4 Å². The normalized spacial score (nSPS) is 12.7. The van der Waals surface area contributed by atoms with Gasteiger partial charge >= 0.3 is 0 Å². The summed E-state index contributed by atoms with van der Waals surface area (Å²) in [7, 11) is 1.60. The Balaban J connectivity index is 1.37. The first kappa shape index (κ1) is 23.6. The second kappa shape index (κ2) is 11.0. The molecule has 2 amide bonds. The number of methoxy groups -OCH3 is 1. The molecule has 1 aliphatic rings. The Morgan fingerprint density at radius 1 is 0.971 bits per heavy atom. The van der Waals surface area contributed by atoms with Gasteiger partial charge in [0, 0.05) is 67.0 Å². The summed E-state index contributed by atoms with van der Waals surface area (Å²) in [5, 5.41) is 8.02. The van der Waals surface area contributed by atoms with Gasteiger partial charge in [-0.05, 0) is 42.5 Å². The van der Waals surface area contributed by atoms with Gasteiger partial charge in [-0.25, -0.2) is 0 Å². The van der Waals surface area contributed by atoms with E-state index >= 15 is 0 Å². The number of carbonyl (C=O) groups excluding carboxylic acids is 2. The molecule has 0 saturated heterocycles. The van der Waals surface area contributed by atoms with Crippen molar-refractivity contribution in [1.82, 2.24) is 20.5 Å². The SMILES string of the molecule is COCCOc1ccc2c3c(cccc13)C(=O)N(CCNC(=S)NCCc1ccccn1)C2=O. The number of aromatic nitrogens is 1. The number of ether oxygens (including phenoxy) is 2. The van der Waals surface area contributed by atoms with Gasteiger partial charge in [0.25, 0.3) is 11.8 Å². The zero-order valence-corrected chi connectivity index (χ0v) is 19.7. The van der Waals surface area contributed by atoms with Crippen molar-refractivity contribution < 1.29 is 19.1 Å². The number of rotatable bonds is 10. The van der Waals surface area contributed by atoms with Crippen LogP contribution >= 0.6 is 12.2 Å². The van der Waals surface area contributed by atoms with Crippen molar-refractivity contribution in [2.45, 2.75) is 6.42 Å². The van der Waals surface area contributed by atoms with Crippen LogP contribution in [0.15, 0.2) is 54.7 Å². The summed E-state index contributed by atoms with van der Waals surface area (Å²) in [6, 6.07) is 14.7. The van der Waals surface area contributed by atoms with Gasteiger partial charge in [-0.2, -0.15) is 0 Å². The number of nitrogens with zero attached hydrogens (tertiary/aromatic N) is 2. The Morgan fingerprint density at radius 2 is 1.76 bits per heavy atom. The number of nitrogens with one attached hydrogen (secondary N) is 2. The number of hydrogen-bond acceptors (Lipinski definition) is 6. The Kier molecular flexibility index (Phi) is 7.66. The Morgan fingerprint density at radius 3 is 2.53 bits per heavy atom. The number of amides is 2. The van der Waals surface area contributed by atoms with Crippen LogP contribution in [-0.4, -0.2) is 66.8 Å². The molecule has 3 aromatic rings. The molecule has 0 spiro atoms. The zero-order valence-electron chi connectivity index (χ0n) is 18.9. The van der Waals surface area contributed by atoms with Gasteiger partial charge in [0.15, 0.2) is 5.11 Å². The van der Waals surface area contributed by atoms with E-state index in [9.17, 15) is 9.59 Å². The molecule has 9 heteroatoms. The smallest absolute Gasteiger partial charge is 0.261 e. The van der Waals surface area contributed by atoms with Gasteiger partial charge in [0.05, 0.1) is 6.61 Å². The third-order valence-electron chi connectivity index (χ3n) is 5.51. The summed E-state index contributed by atoms with van der Waals surface area (Å²) >= 11 is 5.31. The van der Waals surface area contributed by atoms with Crippen molar-refractivity contribution in [1.29, 1.82) is 0 Å². The first-order chi connectivity index (χ1) is 16.6. The molecule has 0 bridgehead atoms. The largest absolute Gasteiger partial charge is 0.491 e. The summed E-state index contributed by atoms with van der Waals surface area (Å²) in [5.74, 6) is -0.0311. The van der Waals surface area contributed by atoms with Crippen LogP contribution in [0.2, 0.25) is 0 Å². The van der Waals surface area contributed by atoms with E-state index in [0.29, 0.717) is 53.7 Å². The number of hydrogen-bond donors (Lipinski definition) is 2. The molecule has 0 saturated carbocycles. The minimum atomic E-state index is -0.326. The van der Waals surface area contributed by atoms with Gasteiger partial charge in [-0.1, -0.05) is 18.2 Å². The quantitative estimate of drug-likeness (QED) is 0.261. The third kappa shape index (κ3) is 5.16. The highest BCUT2D eigenvalue weighted by Crippen LogP contribution is 2.35. The van der Waals surface area contributed by atoms with E-state index in [1.54, 1.807) is 37.6 Å². The van der Waals surface area contributed by atoms with Crippen LogP contribution in [0.25, 0.3) is 10.8 Å². The molecular weight excluding hydrogens is 452 g/mol. The number of thiocarbonyl (C=S) groups is 1. The lowest BCUT2D eigenvalue weighted by Crippen LogP contribution is -2.46. The van der Waals surface area contributed by atoms with E-state index in [0.717, 1.165) is 17.5 Å². The predicted octanol–water partition coefficient (Wildman–Crippen LogP) is 2.56. The molecule has 2 heterocycles. The Hall–Kier alpha value is -3.56. The average Bonchev–Trinajstić information content (AvgIpc) is 2.86. The molecule has 0 unspecified atom stereocenters. The molecule has 8 nitrogen and oxygen atoms in total. The van der Waals surface area contributed by atoms with Crippen molar-refractivity contribution in [3.05, 3.63) is 71.5 Å². The highest BCUT2D eigenvalue weighted by molar-refractivity contribution is 7.80. The van der Waals surface area contributed by atoms with Gasteiger partial charge in [-0.3, -0.25) is 19.5 Å². The molecule has 1 aromatic heterocycles. The second-order valence-corrected chi connectivity index (χ2v) is 8.10. The van der Waals surface area contributed by atoms with Crippen molar-refractivity contribution in [3.8, 4) is 5.75 Å². The maximum Gasteiger partial charge on any atom is 0.261 e. The first-order valence-corrected chi connectivity index (χ1v) is 11.5. The van der Waals surface area contributed by atoms with E-state index in [4.69, 9.17) is 21.7 Å². The number of pyridine rings is 1. The standard InChI is InChI=1S/C25H26N4O4S/c1-32-15-16-33-21-9-8-20-22-18(21)6-4-7-19(22)23(30)29(24(20)31)14-13-28-25(34)27-12-10-17-5-2-3-11-26-17/h2-9,11H,10,12-16H2,1H3,(H2,27,28,34). The minimum absolute atomic E-state index is 0.196. The van der Waals surface area contributed by atoms with E-state index in [1.807, 2.05) is 24.3 Å². The predicted molar refractivity (Wildman–Crippen MR) is 133 cm³/mol. The summed E-state index contributed by atoms with van der Waals surface area (Å²) in [5.41, 5.74) is 1.95. The van der Waals surface area contributed by atoms with Crippen molar-refractivity contribution >= 4 is 39.9 Å². The lowest BCUT2D eigenvalue weighted by Gasteiger charge is -2.28.